The molecule has 152 valence electrons. The summed E-state index contributed by atoms with van der Waals surface area (Å²) in [5.74, 6) is -0.529. The summed E-state index contributed by atoms with van der Waals surface area (Å²) in [5, 5.41) is 28.6. The molecule has 0 bridgehead atoms. The second kappa shape index (κ2) is 10.1. The van der Waals surface area contributed by atoms with Gasteiger partial charge in [0.2, 0.25) is 0 Å². The molecule has 0 saturated carbocycles. The van der Waals surface area contributed by atoms with E-state index in [1.807, 2.05) is 31.5 Å². The Balaban J connectivity index is 2.44. The van der Waals surface area contributed by atoms with Crippen LogP contribution in [0.4, 0.5) is 0 Å². The van der Waals surface area contributed by atoms with E-state index < -0.39 is 12.1 Å². The van der Waals surface area contributed by atoms with Gasteiger partial charge in [0.25, 0.3) is 5.91 Å². The second-order valence-electron chi connectivity index (χ2n) is 6.41. The van der Waals surface area contributed by atoms with Crippen LogP contribution >= 0.6 is 0 Å². The highest BCUT2D eigenvalue weighted by molar-refractivity contribution is 5.87. The summed E-state index contributed by atoms with van der Waals surface area (Å²) < 4.78 is 5.80. The number of allylic oxidation sites excluding steroid dienone is 1. The van der Waals surface area contributed by atoms with Gasteiger partial charge < -0.3 is 20.5 Å². The van der Waals surface area contributed by atoms with Crippen molar-refractivity contribution in [2.45, 2.75) is 33.0 Å². The van der Waals surface area contributed by atoms with Gasteiger partial charge in [-0.3, -0.25) is 4.79 Å². The van der Waals surface area contributed by atoms with Crippen LogP contribution in [0.1, 0.15) is 31.9 Å². The van der Waals surface area contributed by atoms with E-state index in [1.165, 1.54) is 12.1 Å². The Hall–Kier alpha value is -3.64. The molecule has 1 amide bonds. The number of nitrogens with zero attached hydrogens (tertiary/aromatic N) is 2. The van der Waals surface area contributed by atoms with Gasteiger partial charge in [-0.2, -0.15) is 10.8 Å². The highest BCUT2D eigenvalue weighted by Gasteiger charge is 2.28. The molecular weight excluding hydrogens is 372 g/mol. The number of benzene rings is 1. The predicted molar refractivity (Wildman–Crippen MR) is 107 cm³/mol. The SMILES string of the molecule is CCOC1NC=C(C)C(N/C(C)=C/C(=O)NN=N)/C1=C/c1ccc(C#N)cc1O. The van der Waals surface area contributed by atoms with E-state index in [0.29, 0.717) is 23.4 Å². The van der Waals surface area contributed by atoms with Gasteiger partial charge in [-0.15, -0.1) is 0 Å². The number of rotatable bonds is 7. The van der Waals surface area contributed by atoms with Gasteiger partial charge in [0.1, 0.15) is 5.75 Å². The van der Waals surface area contributed by atoms with Crippen molar-refractivity contribution < 1.29 is 14.6 Å². The van der Waals surface area contributed by atoms with Gasteiger partial charge in [-0.25, -0.2) is 5.43 Å². The van der Waals surface area contributed by atoms with Gasteiger partial charge in [-0.05, 0) is 50.6 Å². The van der Waals surface area contributed by atoms with Crippen LogP contribution in [0, 0.1) is 16.9 Å². The molecule has 9 nitrogen and oxygen atoms in total. The number of nitrogens with one attached hydrogen (secondary N) is 4. The lowest BCUT2D eigenvalue weighted by Gasteiger charge is -2.34. The van der Waals surface area contributed by atoms with Crippen molar-refractivity contribution in [2.75, 3.05) is 6.61 Å². The topological polar surface area (TPSA) is 143 Å². The molecule has 0 fully saturated rings. The number of nitriles is 1. The first-order chi connectivity index (χ1) is 13.9. The zero-order chi connectivity index (χ0) is 21.4. The third-order valence-electron chi connectivity index (χ3n) is 4.25. The van der Waals surface area contributed by atoms with Crippen LogP contribution in [0.5, 0.6) is 5.75 Å². The molecule has 29 heavy (non-hydrogen) atoms. The van der Waals surface area contributed by atoms with Gasteiger partial charge in [-0.1, -0.05) is 5.22 Å². The maximum Gasteiger partial charge on any atom is 0.267 e. The number of carbonyl (C=O) groups excluding carboxylic acids is 1. The molecule has 0 radical (unpaired) electrons. The van der Waals surface area contributed by atoms with Crippen molar-refractivity contribution in [3.8, 4) is 11.8 Å². The quantitative estimate of drug-likeness (QED) is 0.272. The first kappa shape index (κ1) is 21.7. The average Bonchev–Trinajstić information content (AvgIpc) is 2.68. The van der Waals surface area contributed by atoms with Crippen LogP contribution in [-0.4, -0.2) is 29.9 Å². The van der Waals surface area contributed by atoms with E-state index in [0.717, 1.165) is 11.1 Å². The third kappa shape index (κ3) is 5.67. The molecule has 1 aliphatic heterocycles. The fraction of sp³-hybridized carbons (Fsp3) is 0.300. The summed E-state index contributed by atoms with van der Waals surface area (Å²) in [6, 6.07) is 6.39. The molecule has 5 N–H and O–H groups in total. The Labute approximate surface area is 169 Å². The van der Waals surface area contributed by atoms with Gasteiger partial charge in [0.15, 0.2) is 6.23 Å². The summed E-state index contributed by atoms with van der Waals surface area (Å²) in [6.45, 7) is 6.00. The monoisotopic (exact) mass is 396 g/mol. The van der Waals surface area contributed by atoms with Crippen LogP contribution in [0.3, 0.4) is 0 Å². The molecule has 0 aromatic heterocycles. The van der Waals surface area contributed by atoms with Crippen LogP contribution in [0.25, 0.3) is 6.08 Å². The van der Waals surface area contributed by atoms with Crippen LogP contribution in [-0.2, 0) is 9.53 Å². The maximum absolute atomic E-state index is 11.7. The fourth-order valence-electron chi connectivity index (χ4n) is 2.94. The summed E-state index contributed by atoms with van der Waals surface area (Å²) >= 11 is 0. The Bertz CT molecular complexity index is 913. The van der Waals surface area contributed by atoms with Gasteiger partial charge >= 0.3 is 0 Å². The zero-order valence-electron chi connectivity index (χ0n) is 16.5. The molecule has 1 aromatic carbocycles. The number of carbonyl (C=O) groups is 1. The second-order valence-corrected chi connectivity index (χ2v) is 6.41. The summed E-state index contributed by atoms with van der Waals surface area (Å²) in [5.41, 5.74) is 11.9. The minimum Gasteiger partial charge on any atom is -0.507 e. The molecule has 1 heterocycles. The average molecular weight is 396 g/mol. The molecule has 0 saturated heterocycles. The number of hydrogen-bond acceptors (Lipinski definition) is 8. The van der Waals surface area contributed by atoms with Gasteiger partial charge in [0, 0.05) is 35.7 Å². The third-order valence-corrected chi connectivity index (χ3v) is 4.25. The number of phenolic OH excluding ortho intramolecular Hbond substituents is 1. The molecular formula is C20H24N6O3. The van der Waals surface area contributed by atoms with Crippen molar-refractivity contribution >= 4 is 12.0 Å². The molecule has 2 atom stereocenters. The lowest BCUT2D eigenvalue weighted by atomic mass is 9.93. The smallest absolute Gasteiger partial charge is 0.267 e. The Morgan fingerprint density at radius 2 is 2.28 bits per heavy atom. The molecule has 1 aliphatic rings. The van der Waals surface area contributed by atoms with E-state index in [-0.39, 0.29) is 11.8 Å². The zero-order valence-corrected chi connectivity index (χ0v) is 16.5. The van der Waals surface area contributed by atoms with Crippen LogP contribution in [0.2, 0.25) is 0 Å². The summed E-state index contributed by atoms with van der Waals surface area (Å²) in [7, 11) is 0. The predicted octanol–water partition coefficient (Wildman–Crippen LogP) is 2.44. The van der Waals surface area contributed by atoms with Gasteiger partial charge in [0.05, 0.1) is 17.7 Å². The first-order valence-corrected chi connectivity index (χ1v) is 8.99. The largest absolute Gasteiger partial charge is 0.507 e. The highest BCUT2D eigenvalue weighted by atomic mass is 16.5. The maximum atomic E-state index is 11.7. The number of hydrogen-bond donors (Lipinski definition) is 5. The number of aromatic hydroxyl groups is 1. The summed E-state index contributed by atoms with van der Waals surface area (Å²) in [4.78, 5) is 11.7. The number of phenols is 1. The molecule has 1 aromatic rings. The molecule has 0 spiro atoms. The lowest BCUT2D eigenvalue weighted by molar-refractivity contribution is -0.116. The number of amides is 1. The highest BCUT2D eigenvalue weighted by Crippen LogP contribution is 2.28. The minimum atomic E-state index is -0.516. The minimum absolute atomic E-state index is 0.0125. The van der Waals surface area contributed by atoms with E-state index in [4.69, 9.17) is 15.5 Å². The van der Waals surface area contributed by atoms with Crippen LogP contribution < -0.4 is 16.1 Å². The van der Waals surface area contributed by atoms with Crippen molar-refractivity contribution in [1.29, 1.82) is 10.8 Å². The van der Waals surface area contributed by atoms with Crippen molar-refractivity contribution in [1.82, 2.24) is 16.1 Å². The Morgan fingerprint density at radius 3 is 2.90 bits per heavy atom. The molecule has 2 unspecified atom stereocenters. The standard InChI is InChI=1S/C20H24N6O3/c1-4-29-20-16(9-15-6-5-14(10-21)8-17(15)27)19(12(2)11-23-20)24-13(3)7-18(28)25-26-22/h5-9,11,19-20,23-24,27H,4H2,1-3H3,(H2,22,25,28)/b13-7+,16-9-. The van der Waals surface area contributed by atoms with E-state index in [2.05, 4.69) is 15.9 Å². The summed E-state index contributed by atoms with van der Waals surface area (Å²) in [6.07, 6.45) is 4.49. The molecule has 9 heteroatoms. The number of ether oxygens (including phenoxy) is 1. The van der Waals surface area contributed by atoms with E-state index in [1.54, 1.807) is 25.1 Å². The normalized spacial score (nSPS) is 20.3. The van der Waals surface area contributed by atoms with E-state index in [9.17, 15) is 9.90 Å². The van der Waals surface area contributed by atoms with Crippen molar-refractivity contribution in [2.24, 2.45) is 5.22 Å². The van der Waals surface area contributed by atoms with Crippen molar-refractivity contribution in [3.05, 3.63) is 58.4 Å². The molecule has 0 aliphatic carbocycles. The lowest BCUT2D eigenvalue weighted by Crippen LogP contribution is -2.45. The van der Waals surface area contributed by atoms with E-state index >= 15 is 0 Å². The van der Waals surface area contributed by atoms with Crippen molar-refractivity contribution in [3.63, 3.8) is 0 Å². The Kier molecular flexibility index (Phi) is 7.51. The van der Waals surface area contributed by atoms with Crippen LogP contribution in [0.15, 0.2) is 52.5 Å². The Morgan fingerprint density at radius 1 is 1.52 bits per heavy atom. The molecule has 2 rings (SSSR count). The fourth-order valence-corrected chi connectivity index (χ4v) is 2.94. The first-order valence-electron chi connectivity index (χ1n) is 8.99.